The van der Waals surface area contributed by atoms with Crippen molar-refractivity contribution >= 4 is 7.60 Å². The van der Waals surface area contributed by atoms with Crippen LogP contribution < -0.4 is 0 Å². The molecule has 3 N–H and O–H groups in total. The number of aliphatic hydroxyl groups excluding tert-OH is 1. The highest BCUT2D eigenvalue weighted by molar-refractivity contribution is 7.52. The van der Waals surface area contributed by atoms with Gasteiger partial charge in [0.15, 0.2) is 0 Å². The summed E-state index contributed by atoms with van der Waals surface area (Å²) in [5.74, 6) is 0. The summed E-state index contributed by atoms with van der Waals surface area (Å²) in [5.41, 5.74) is 3.61. The van der Waals surface area contributed by atoms with Gasteiger partial charge < -0.3 is 14.9 Å². The van der Waals surface area contributed by atoms with Crippen LogP contribution in [-0.4, -0.2) is 27.2 Å². The van der Waals surface area contributed by atoms with E-state index >= 15 is 0 Å². The minimum absolute atomic E-state index is 0.0472. The Hall–Kier alpha value is -0.930. The van der Waals surface area contributed by atoms with Crippen LogP contribution >= 0.6 is 7.60 Å². The Morgan fingerprint density at radius 3 is 1.96 bits per heavy atom. The van der Waals surface area contributed by atoms with Crippen LogP contribution in [0.1, 0.15) is 66.7 Å². The summed E-state index contributed by atoms with van der Waals surface area (Å²) < 4.78 is 11.8. The van der Waals surface area contributed by atoms with Crippen molar-refractivity contribution in [3.63, 3.8) is 0 Å². The van der Waals surface area contributed by atoms with Gasteiger partial charge in [0.25, 0.3) is 0 Å². The molecule has 0 rings (SSSR count). The minimum atomic E-state index is -4.17. The Kier molecular flexibility index (Phi) is 12.0. The zero-order valence-corrected chi connectivity index (χ0v) is 17.2. The molecule has 1 unspecified atom stereocenters. The van der Waals surface area contributed by atoms with E-state index in [0.29, 0.717) is 6.42 Å². The van der Waals surface area contributed by atoms with Crippen molar-refractivity contribution in [1.29, 1.82) is 0 Å². The SMILES string of the molecule is CC(C)=CCCC(C)=CC(CC(C)=CCCC(C)=CCO)P(=O)(O)O. The van der Waals surface area contributed by atoms with E-state index in [4.69, 9.17) is 5.11 Å². The quantitative estimate of drug-likeness (QED) is 0.341. The largest absolute Gasteiger partial charge is 0.392 e. The number of rotatable bonds is 11. The van der Waals surface area contributed by atoms with Crippen LogP contribution in [0.5, 0.6) is 0 Å². The second-order valence-corrected chi connectivity index (χ2v) is 8.86. The van der Waals surface area contributed by atoms with Gasteiger partial charge in [-0.1, -0.05) is 46.6 Å². The first-order valence-corrected chi connectivity index (χ1v) is 10.5. The number of aliphatic hydroxyl groups is 1. The van der Waals surface area contributed by atoms with Crippen molar-refractivity contribution < 1.29 is 19.5 Å². The average molecular weight is 370 g/mol. The number of hydrogen-bond acceptors (Lipinski definition) is 2. The van der Waals surface area contributed by atoms with E-state index in [9.17, 15) is 14.4 Å². The Bertz CT molecular complexity index is 560. The highest BCUT2D eigenvalue weighted by atomic mass is 31.2. The highest BCUT2D eigenvalue weighted by Gasteiger charge is 2.26. The molecule has 0 fully saturated rings. The monoisotopic (exact) mass is 370 g/mol. The lowest BCUT2D eigenvalue weighted by molar-refractivity contribution is 0.341. The topological polar surface area (TPSA) is 77.8 Å². The lowest BCUT2D eigenvalue weighted by Gasteiger charge is -2.16. The normalized spacial score (nSPS) is 15.3. The molecular formula is C20H35O4P. The summed E-state index contributed by atoms with van der Waals surface area (Å²) in [6.45, 7) is 9.96. The lowest BCUT2D eigenvalue weighted by atomic mass is 10.0. The Morgan fingerprint density at radius 1 is 0.880 bits per heavy atom. The molecule has 5 heteroatoms. The number of hydrogen-bond donors (Lipinski definition) is 3. The molecule has 0 saturated carbocycles. The molecule has 0 amide bonds. The van der Waals surface area contributed by atoms with Crippen LogP contribution in [0.2, 0.25) is 0 Å². The third-order valence-corrected chi connectivity index (χ3v) is 5.20. The molecule has 0 aliphatic rings. The first kappa shape index (κ1) is 24.1. The predicted octanol–water partition coefficient (Wildman–Crippen LogP) is 5.28. The third-order valence-electron chi connectivity index (χ3n) is 4.00. The third kappa shape index (κ3) is 13.0. The van der Waals surface area contributed by atoms with Crippen molar-refractivity contribution in [2.75, 3.05) is 6.61 Å². The van der Waals surface area contributed by atoms with Crippen LogP contribution in [0.15, 0.2) is 46.6 Å². The molecule has 0 aliphatic carbocycles. The number of allylic oxidation sites excluding steroid dienone is 7. The molecule has 0 aromatic rings. The molecule has 144 valence electrons. The van der Waals surface area contributed by atoms with E-state index < -0.39 is 13.3 Å². The summed E-state index contributed by atoms with van der Waals surface area (Å²) in [6, 6.07) is 0. The van der Waals surface area contributed by atoms with Crippen LogP contribution in [0.25, 0.3) is 0 Å². The molecule has 0 radical (unpaired) electrons. The fourth-order valence-corrected chi connectivity index (χ4v) is 3.47. The fourth-order valence-electron chi connectivity index (χ4n) is 2.49. The van der Waals surface area contributed by atoms with Crippen LogP contribution in [0.3, 0.4) is 0 Å². The second-order valence-electron chi connectivity index (χ2n) is 7.02. The van der Waals surface area contributed by atoms with Gasteiger partial charge in [-0.3, -0.25) is 4.57 Å². The van der Waals surface area contributed by atoms with Crippen molar-refractivity contribution in [2.24, 2.45) is 0 Å². The van der Waals surface area contributed by atoms with Crippen molar-refractivity contribution in [3.05, 3.63) is 46.6 Å². The second kappa shape index (κ2) is 12.4. The Morgan fingerprint density at radius 2 is 1.44 bits per heavy atom. The van der Waals surface area contributed by atoms with Crippen LogP contribution in [0, 0.1) is 0 Å². The van der Waals surface area contributed by atoms with Crippen LogP contribution in [0.4, 0.5) is 0 Å². The van der Waals surface area contributed by atoms with E-state index in [2.05, 4.69) is 6.08 Å². The van der Waals surface area contributed by atoms with E-state index in [0.717, 1.165) is 42.4 Å². The van der Waals surface area contributed by atoms with Crippen molar-refractivity contribution in [3.8, 4) is 0 Å². The first-order valence-electron chi connectivity index (χ1n) is 8.84. The summed E-state index contributed by atoms with van der Waals surface area (Å²) >= 11 is 0. The lowest BCUT2D eigenvalue weighted by Crippen LogP contribution is -2.07. The molecule has 1 atom stereocenters. The maximum absolute atomic E-state index is 11.8. The van der Waals surface area contributed by atoms with E-state index in [-0.39, 0.29) is 6.61 Å². The minimum Gasteiger partial charge on any atom is -0.392 e. The van der Waals surface area contributed by atoms with Gasteiger partial charge in [-0.05, 0) is 66.7 Å². The average Bonchev–Trinajstić information content (AvgIpc) is 2.45. The zero-order valence-electron chi connectivity index (χ0n) is 16.3. The Labute approximate surface area is 153 Å². The molecule has 0 aliphatic heterocycles. The molecule has 0 heterocycles. The standard InChI is InChI=1S/C20H35O4P/c1-16(2)8-6-10-18(4)14-20(25(22,23)24)15-19(5)11-7-9-17(3)12-13-21/h8,11-12,14,20-21H,6-7,9-10,13,15H2,1-5H3,(H2,22,23,24). The molecule has 0 spiro atoms. The molecule has 0 aromatic heterocycles. The van der Waals surface area contributed by atoms with Gasteiger partial charge >= 0.3 is 7.60 Å². The van der Waals surface area contributed by atoms with Gasteiger partial charge in [0.05, 0.1) is 12.3 Å². The van der Waals surface area contributed by atoms with E-state index in [1.54, 1.807) is 12.2 Å². The maximum atomic E-state index is 11.8. The molecular weight excluding hydrogens is 335 g/mol. The molecule has 0 bridgehead atoms. The smallest absolute Gasteiger partial charge is 0.332 e. The fraction of sp³-hybridized carbons (Fsp3) is 0.600. The van der Waals surface area contributed by atoms with Gasteiger partial charge in [-0.25, -0.2) is 0 Å². The van der Waals surface area contributed by atoms with Gasteiger partial charge in [0.2, 0.25) is 0 Å². The first-order chi connectivity index (χ1) is 11.6. The Balaban J connectivity index is 4.86. The van der Waals surface area contributed by atoms with Gasteiger partial charge in [0, 0.05) is 0 Å². The summed E-state index contributed by atoms with van der Waals surface area (Å²) in [6.07, 6.45) is 11.4. The molecule has 0 saturated heterocycles. The van der Waals surface area contributed by atoms with Gasteiger partial charge in [0.1, 0.15) is 0 Å². The molecule has 4 nitrogen and oxygen atoms in total. The maximum Gasteiger partial charge on any atom is 0.332 e. The van der Waals surface area contributed by atoms with Crippen LogP contribution in [-0.2, 0) is 4.57 Å². The summed E-state index contributed by atoms with van der Waals surface area (Å²) in [4.78, 5) is 19.3. The van der Waals surface area contributed by atoms with Crippen molar-refractivity contribution in [2.45, 2.75) is 72.4 Å². The van der Waals surface area contributed by atoms with Gasteiger partial charge in [-0.2, -0.15) is 0 Å². The predicted molar refractivity (Wildman–Crippen MR) is 107 cm³/mol. The summed E-state index contributed by atoms with van der Waals surface area (Å²) in [5, 5.41) is 8.84. The van der Waals surface area contributed by atoms with Crippen molar-refractivity contribution in [1.82, 2.24) is 0 Å². The molecule has 25 heavy (non-hydrogen) atoms. The molecule has 0 aromatic carbocycles. The van der Waals surface area contributed by atoms with Gasteiger partial charge in [-0.15, -0.1) is 0 Å². The summed E-state index contributed by atoms with van der Waals surface area (Å²) in [7, 11) is -4.17. The highest BCUT2D eigenvalue weighted by Crippen LogP contribution is 2.45. The van der Waals surface area contributed by atoms with E-state index in [1.807, 2.05) is 40.7 Å². The van der Waals surface area contributed by atoms with E-state index in [1.165, 1.54) is 5.57 Å². The zero-order chi connectivity index (χ0) is 19.5.